The van der Waals surface area contributed by atoms with E-state index in [0.717, 1.165) is 38.1 Å². The van der Waals surface area contributed by atoms with Gasteiger partial charge in [0, 0.05) is 19.5 Å². The average molecular weight is 449 g/mol. The van der Waals surface area contributed by atoms with Gasteiger partial charge < -0.3 is 14.6 Å². The maximum absolute atomic E-state index is 10.4. The Balaban J connectivity index is 4.08. The monoisotopic (exact) mass is 448 g/mol. The summed E-state index contributed by atoms with van der Waals surface area (Å²) in [5, 5.41) is 0. The third-order valence-electron chi connectivity index (χ3n) is 6.41. The second kappa shape index (κ2) is 24.7. The van der Waals surface area contributed by atoms with Crippen LogP contribution in [0.15, 0.2) is 24.3 Å². The average Bonchev–Trinajstić information content (AvgIpc) is 2.78. The van der Waals surface area contributed by atoms with Crippen LogP contribution < -0.4 is 0 Å². The summed E-state index contributed by atoms with van der Waals surface area (Å²) in [6, 6.07) is 0. The highest BCUT2D eigenvalue weighted by atomic mass is 16.1. The number of carbonyl (C=O) groups is 1. The topological polar surface area (TPSA) is 23.6 Å². The highest BCUT2D eigenvalue weighted by Crippen LogP contribution is 2.22. The molecule has 0 aromatic heterocycles. The molecular weight excluding hydrogens is 392 g/mol. The lowest BCUT2D eigenvalue weighted by Crippen LogP contribution is -2.30. The maximum atomic E-state index is 10.4. The summed E-state index contributed by atoms with van der Waals surface area (Å²) < 4.78 is 0. The number of unbranched alkanes of at least 4 members (excludes halogenated alkanes) is 10. The fourth-order valence-electron chi connectivity index (χ4n) is 4.14. The summed E-state index contributed by atoms with van der Waals surface area (Å²) in [6.45, 7) is 5.64. The van der Waals surface area contributed by atoms with Gasteiger partial charge in [0.25, 0.3) is 0 Å². The summed E-state index contributed by atoms with van der Waals surface area (Å²) in [5.41, 5.74) is 0. The minimum Gasteiger partial charge on any atom is -0.308 e. The van der Waals surface area contributed by atoms with Crippen LogP contribution in [-0.4, -0.2) is 56.9 Å². The van der Waals surface area contributed by atoms with Gasteiger partial charge in [0.15, 0.2) is 0 Å². The zero-order valence-corrected chi connectivity index (χ0v) is 22.2. The Labute approximate surface area is 201 Å². The van der Waals surface area contributed by atoms with Gasteiger partial charge in [-0.1, -0.05) is 69.2 Å². The van der Waals surface area contributed by atoms with Gasteiger partial charge in [0.2, 0.25) is 0 Å². The lowest BCUT2D eigenvalue weighted by molar-refractivity contribution is -0.107. The lowest BCUT2D eigenvalue weighted by atomic mass is 9.91. The molecular formula is C29H56N2O. The van der Waals surface area contributed by atoms with Crippen LogP contribution >= 0.6 is 0 Å². The summed E-state index contributed by atoms with van der Waals surface area (Å²) in [7, 11) is 6.59. The molecule has 0 heterocycles. The number of carbonyl (C=O) groups excluding carboxylic acids is 1. The Hall–Kier alpha value is -0.930. The first-order valence-electron chi connectivity index (χ1n) is 13.6. The van der Waals surface area contributed by atoms with Crippen molar-refractivity contribution in [3.63, 3.8) is 0 Å². The van der Waals surface area contributed by atoms with Crippen LogP contribution in [0.5, 0.6) is 0 Å². The number of allylic oxidation sites excluding steroid dienone is 4. The standard InChI is InChI=1S/C29H56N2O/c1-5-6-7-8-9-10-11-13-16-19-22-29(24-25-31(4)27-26-30(2)3)23-20-17-14-12-15-18-21-28-32/h5-6,11,13,28-29H,7-10,12,14-27H2,1-4H3/b6-5-,13-11+. The fourth-order valence-corrected chi connectivity index (χ4v) is 4.14. The first-order valence-corrected chi connectivity index (χ1v) is 13.6. The molecule has 1 atom stereocenters. The second-order valence-electron chi connectivity index (χ2n) is 9.88. The number of likely N-dealkylation sites (N-methyl/N-ethyl adjacent to an activating group) is 2. The van der Waals surface area contributed by atoms with Crippen LogP contribution in [0.4, 0.5) is 0 Å². The number of aldehydes is 1. The van der Waals surface area contributed by atoms with Gasteiger partial charge in [-0.3, -0.25) is 0 Å². The molecule has 0 saturated carbocycles. The van der Waals surface area contributed by atoms with E-state index in [4.69, 9.17) is 0 Å². The Kier molecular flexibility index (Phi) is 24.0. The van der Waals surface area contributed by atoms with Crippen molar-refractivity contribution in [1.29, 1.82) is 0 Å². The van der Waals surface area contributed by atoms with Gasteiger partial charge in [-0.25, -0.2) is 0 Å². The highest BCUT2D eigenvalue weighted by molar-refractivity contribution is 5.48. The summed E-state index contributed by atoms with van der Waals surface area (Å²) >= 11 is 0. The first kappa shape index (κ1) is 31.1. The molecule has 188 valence electrons. The van der Waals surface area contributed by atoms with Crippen LogP contribution in [0.1, 0.15) is 110 Å². The van der Waals surface area contributed by atoms with Crippen molar-refractivity contribution < 1.29 is 4.79 Å². The van der Waals surface area contributed by atoms with E-state index < -0.39 is 0 Å². The molecule has 0 saturated heterocycles. The molecule has 1 unspecified atom stereocenters. The summed E-state index contributed by atoms with van der Waals surface area (Å²) in [5.74, 6) is 0.876. The van der Waals surface area contributed by atoms with E-state index in [2.05, 4.69) is 62.2 Å². The summed E-state index contributed by atoms with van der Waals surface area (Å²) in [4.78, 5) is 15.2. The first-order chi connectivity index (χ1) is 15.6. The smallest absolute Gasteiger partial charge is 0.119 e. The van der Waals surface area contributed by atoms with Crippen LogP contribution in [0.2, 0.25) is 0 Å². The van der Waals surface area contributed by atoms with Crippen molar-refractivity contribution in [1.82, 2.24) is 9.80 Å². The third-order valence-corrected chi connectivity index (χ3v) is 6.41. The van der Waals surface area contributed by atoms with E-state index in [1.54, 1.807) is 0 Å². The predicted molar refractivity (Wildman–Crippen MR) is 143 cm³/mol. The molecule has 0 N–H and O–H groups in total. The van der Waals surface area contributed by atoms with Gasteiger partial charge in [-0.2, -0.15) is 0 Å². The van der Waals surface area contributed by atoms with Crippen LogP contribution in [-0.2, 0) is 4.79 Å². The largest absolute Gasteiger partial charge is 0.308 e. The predicted octanol–water partition coefficient (Wildman–Crippen LogP) is 7.67. The van der Waals surface area contributed by atoms with Crippen molar-refractivity contribution in [2.24, 2.45) is 5.92 Å². The zero-order valence-electron chi connectivity index (χ0n) is 22.2. The van der Waals surface area contributed by atoms with Gasteiger partial charge >= 0.3 is 0 Å². The fraction of sp³-hybridized carbons (Fsp3) is 0.828. The van der Waals surface area contributed by atoms with Gasteiger partial charge in [-0.05, 0) is 91.9 Å². The zero-order chi connectivity index (χ0) is 23.7. The Morgan fingerprint density at radius 2 is 1.16 bits per heavy atom. The van der Waals surface area contributed by atoms with Gasteiger partial charge in [0.05, 0.1) is 0 Å². The molecule has 0 aliphatic carbocycles. The minimum atomic E-state index is 0.744. The van der Waals surface area contributed by atoms with E-state index in [1.165, 1.54) is 96.4 Å². The molecule has 0 amide bonds. The molecule has 0 aromatic rings. The molecule has 3 heteroatoms. The molecule has 0 bridgehead atoms. The number of nitrogens with zero attached hydrogens (tertiary/aromatic N) is 2. The number of hydrogen-bond donors (Lipinski definition) is 0. The molecule has 0 aromatic carbocycles. The van der Waals surface area contributed by atoms with Crippen molar-refractivity contribution in [3.8, 4) is 0 Å². The van der Waals surface area contributed by atoms with Crippen LogP contribution in [0.3, 0.4) is 0 Å². The molecule has 0 fully saturated rings. The van der Waals surface area contributed by atoms with E-state index in [1.807, 2.05) is 0 Å². The molecule has 0 aliphatic rings. The van der Waals surface area contributed by atoms with Crippen molar-refractivity contribution >= 4 is 6.29 Å². The quantitative estimate of drug-likeness (QED) is 0.0859. The van der Waals surface area contributed by atoms with Gasteiger partial charge in [-0.15, -0.1) is 0 Å². The van der Waals surface area contributed by atoms with E-state index in [0.29, 0.717) is 0 Å². The molecule has 0 spiro atoms. The van der Waals surface area contributed by atoms with Crippen molar-refractivity contribution in [2.45, 2.75) is 110 Å². The van der Waals surface area contributed by atoms with Gasteiger partial charge in [0.1, 0.15) is 6.29 Å². The van der Waals surface area contributed by atoms with E-state index in [-0.39, 0.29) is 0 Å². The third kappa shape index (κ3) is 23.7. The highest BCUT2D eigenvalue weighted by Gasteiger charge is 2.10. The Bertz CT molecular complexity index is 444. The number of rotatable bonds is 24. The minimum absolute atomic E-state index is 0.744. The van der Waals surface area contributed by atoms with E-state index in [9.17, 15) is 4.79 Å². The SMILES string of the molecule is C/C=C\CCCC/C=C/CCCC(CCCCCCCCC=O)CCN(C)CCN(C)C. The molecule has 32 heavy (non-hydrogen) atoms. The van der Waals surface area contributed by atoms with E-state index >= 15 is 0 Å². The van der Waals surface area contributed by atoms with Crippen molar-refractivity contribution in [2.75, 3.05) is 40.8 Å². The molecule has 0 aliphatic heterocycles. The Morgan fingerprint density at radius 3 is 1.81 bits per heavy atom. The molecule has 3 nitrogen and oxygen atoms in total. The lowest BCUT2D eigenvalue weighted by Gasteiger charge is -2.23. The Morgan fingerprint density at radius 1 is 0.594 bits per heavy atom. The van der Waals surface area contributed by atoms with Crippen molar-refractivity contribution in [3.05, 3.63) is 24.3 Å². The normalized spacial score (nSPS) is 13.2. The van der Waals surface area contributed by atoms with Crippen LogP contribution in [0.25, 0.3) is 0 Å². The molecule has 0 radical (unpaired) electrons. The van der Waals surface area contributed by atoms with Crippen LogP contribution in [0, 0.1) is 5.92 Å². The number of hydrogen-bond acceptors (Lipinski definition) is 3. The summed E-state index contributed by atoms with van der Waals surface area (Å²) in [6.07, 6.45) is 30.5. The molecule has 0 rings (SSSR count). The maximum Gasteiger partial charge on any atom is 0.119 e. The second-order valence-corrected chi connectivity index (χ2v) is 9.88.